The van der Waals surface area contributed by atoms with Gasteiger partial charge in [0.1, 0.15) is 12.4 Å². The molecule has 0 atom stereocenters. The van der Waals surface area contributed by atoms with Crippen molar-refractivity contribution in [3.8, 4) is 5.75 Å². The second-order valence-electron chi connectivity index (χ2n) is 2.71. The molecule has 76 valence electrons. The largest absolute Gasteiger partial charge is 0.497 e. The van der Waals surface area contributed by atoms with E-state index in [4.69, 9.17) is 4.74 Å². The summed E-state index contributed by atoms with van der Waals surface area (Å²) in [4.78, 5) is 11.1. The van der Waals surface area contributed by atoms with Gasteiger partial charge in [0.05, 0.1) is 7.11 Å². The van der Waals surface area contributed by atoms with Gasteiger partial charge in [-0.25, -0.2) is 0 Å². The molecule has 0 bridgehead atoms. The molecule has 0 fully saturated rings. The first-order chi connectivity index (χ1) is 6.76. The number of carbonyl (C=O) groups excluding carboxylic acids is 1. The van der Waals surface area contributed by atoms with Crippen LogP contribution in [0.1, 0.15) is 0 Å². The summed E-state index contributed by atoms with van der Waals surface area (Å²) in [6, 6.07) is 7.10. The number of nitrogens with one attached hydrogen (secondary N) is 1. The van der Waals surface area contributed by atoms with E-state index in [1.165, 1.54) is 7.11 Å². The molecule has 0 spiro atoms. The second kappa shape index (κ2) is 5.24. The lowest BCUT2D eigenvalue weighted by molar-refractivity contribution is -0.119. The highest BCUT2D eigenvalue weighted by Crippen LogP contribution is 2.14. The van der Waals surface area contributed by atoms with E-state index in [9.17, 15) is 4.79 Å². The van der Waals surface area contributed by atoms with Crippen LogP contribution in [0.15, 0.2) is 24.3 Å². The summed E-state index contributed by atoms with van der Waals surface area (Å²) in [6.45, 7) is 0.0615. The molecule has 0 unspecified atom stereocenters. The van der Waals surface area contributed by atoms with Crippen molar-refractivity contribution in [2.45, 2.75) is 0 Å². The van der Waals surface area contributed by atoms with E-state index >= 15 is 0 Å². The lowest BCUT2D eigenvalue weighted by Gasteiger charge is -2.05. The van der Waals surface area contributed by atoms with E-state index in [0.717, 1.165) is 11.4 Å². The number of carbonyl (C=O) groups is 1. The van der Waals surface area contributed by atoms with Crippen molar-refractivity contribution in [1.82, 2.24) is 0 Å². The molecular formula is C10H13NO3. The highest BCUT2D eigenvalue weighted by atomic mass is 16.5. The molecule has 1 aromatic rings. The average molecular weight is 195 g/mol. The third-order valence-corrected chi connectivity index (χ3v) is 1.65. The topological polar surface area (TPSA) is 47.6 Å². The smallest absolute Gasteiger partial charge is 0.250 e. The van der Waals surface area contributed by atoms with Crippen molar-refractivity contribution in [3.63, 3.8) is 0 Å². The van der Waals surface area contributed by atoms with Gasteiger partial charge in [0.15, 0.2) is 0 Å². The summed E-state index contributed by atoms with van der Waals surface area (Å²) in [5.74, 6) is 0.590. The Morgan fingerprint density at radius 2 is 1.93 bits per heavy atom. The minimum Gasteiger partial charge on any atom is -0.497 e. The van der Waals surface area contributed by atoms with Gasteiger partial charge < -0.3 is 14.8 Å². The van der Waals surface area contributed by atoms with E-state index in [1.54, 1.807) is 31.4 Å². The van der Waals surface area contributed by atoms with Gasteiger partial charge in [0, 0.05) is 12.8 Å². The molecule has 14 heavy (non-hydrogen) atoms. The Hall–Kier alpha value is -1.55. The number of hydrogen-bond donors (Lipinski definition) is 1. The number of methoxy groups -OCH3 is 2. The van der Waals surface area contributed by atoms with E-state index < -0.39 is 0 Å². The maximum absolute atomic E-state index is 11.1. The fraction of sp³-hybridized carbons (Fsp3) is 0.300. The lowest BCUT2D eigenvalue weighted by atomic mass is 10.3. The van der Waals surface area contributed by atoms with Gasteiger partial charge in [-0.15, -0.1) is 0 Å². The summed E-state index contributed by atoms with van der Waals surface area (Å²) >= 11 is 0. The Balaban J connectivity index is 2.55. The summed E-state index contributed by atoms with van der Waals surface area (Å²) in [5.41, 5.74) is 0.729. The van der Waals surface area contributed by atoms with E-state index in [0.29, 0.717) is 0 Å². The number of hydrogen-bond acceptors (Lipinski definition) is 3. The molecule has 4 heteroatoms. The van der Waals surface area contributed by atoms with E-state index in [-0.39, 0.29) is 12.5 Å². The van der Waals surface area contributed by atoms with Crippen molar-refractivity contribution in [2.24, 2.45) is 0 Å². The molecule has 4 nitrogen and oxygen atoms in total. The van der Waals surface area contributed by atoms with Crippen LogP contribution >= 0.6 is 0 Å². The Morgan fingerprint density at radius 1 is 1.29 bits per heavy atom. The average Bonchev–Trinajstić information content (AvgIpc) is 2.19. The number of amides is 1. The minimum absolute atomic E-state index is 0.0615. The van der Waals surface area contributed by atoms with E-state index in [2.05, 4.69) is 10.1 Å². The van der Waals surface area contributed by atoms with Crippen LogP contribution in [-0.4, -0.2) is 26.7 Å². The maximum atomic E-state index is 11.1. The van der Waals surface area contributed by atoms with Crippen molar-refractivity contribution >= 4 is 11.6 Å². The number of benzene rings is 1. The standard InChI is InChI=1S/C10H13NO3/c1-13-7-10(12)11-8-3-5-9(14-2)6-4-8/h3-6H,7H2,1-2H3,(H,11,12). The van der Waals surface area contributed by atoms with Gasteiger partial charge in [-0.05, 0) is 24.3 Å². The highest BCUT2D eigenvalue weighted by molar-refractivity contribution is 5.91. The number of ether oxygens (including phenoxy) is 2. The molecule has 1 aromatic carbocycles. The van der Waals surface area contributed by atoms with Gasteiger partial charge >= 0.3 is 0 Å². The Bertz CT molecular complexity index is 295. The molecule has 0 saturated carbocycles. The van der Waals surface area contributed by atoms with Crippen LogP contribution in [0.25, 0.3) is 0 Å². The summed E-state index contributed by atoms with van der Waals surface area (Å²) in [7, 11) is 3.08. The first kappa shape index (κ1) is 10.5. The van der Waals surface area contributed by atoms with Crippen LogP contribution in [0, 0.1) is 0 Å². The summed E-state index contributed by atoms with van der Waals surface area (Å²) < 4.78 is 9.67. The van der Waals surface area contributed by atoms with Crippen LogP contribution in [0.3, 0.4) is 0 Å². The minimum atomic E-state index is -0.169. The summed E-state index contributed by atoms with van der Waals surface area (Å²) in [6.07, 6.45) is 0. The second-order valence-corrected chi connectivity index (χ2v) is 2.71. The van der Waals surface area contributed by atoms with Crippen molar-refractivity contribution in [1.29, 1.82) is 0 Å². The monoisotopic (exact) mass is 195 g/mol. The fourth-order valence-electron chi connectivity index (χ4n) is 1.00. The lowest BCUT2D eigenvalue weighted by Crippen LogP contribution is -2.16. The van der Waals surface area contributed by atoms with Gasteiger partial charge in [-0.3, -0.25) is 4.79 Å². The zero-order valence-corrected chi connectivity index (χ0v) is 8.24. The molecule has 0 aliphatic heterocycles. The Labute approximate surface area is 82.8 Å². The molecule has 0 radical (unpaired) electrons. The first-order valence-corrected chi connectivity index (χ1v) is 4.19. The SMILES string of the molecule is COCC(=O)Nc1ccc(OC)cc1. The van der Waals surface area contributed by atoms with Gasteiger partial charge in [0.2, 0.25) is 5.91 Å². The van der Waals surface area contributed by atoms with E-state index in [1.807, 2.05) is 0 Å². The molecular weight excluding hydrogens is 182 g/mol. The van der Waals surface area contributed by atoms with Gasteiger partial charge in [0.25, 0.3) is 0 Å². The molecule has 0 heterocycles. The predicted molar refractivity (Wildman–Crippen MR) is 53.5 cm³/mol. The quantitative estimate of drug-likeness (QED) is 0.787. The zero-order chi connectivity index (χ0) is 10.4. The third kappa shape index (κ3) is 3.06. The van der Waals surface area contributed by atoms with Crippen LogP contribution < -0.4 is 10.1 Å². The Morgan fingerprint density at radius 3 is 2.43 bits per heavy atom. The van der Waals surface area contributed by atoms with Crippen LogP contribution in [0.2, 0.25) is 0 Å². The van der Waals surface area contributed by atoms with Crippen molar-refractivity contribution in [2.75, 3.05) is 26.1 Å². The predicted octanol–water partition coefficient (Wildman–Crippen LogP) is 1.28. The molecule has 0 aliphatic carbocycles. The fourth-order valence-corrected chi connectivity index (χ4v) is 1.00. The molecule has 0 aromatic heterocycles. The molecule has 1 amide bonds. The molecule has 0 saturated heterocycles. The number of rotatable bonds is 4. The third-order valence-electron chi connectivity index (χ3n) is 1.65. The Kier molecular flexibility index (Phi) is 3.94. The highest BCUT2D eigenvalue weighted by Gasteiger charge is 2.00. The maximum Gasteiger partial charge on any atom is 0.250 e. The van der Waals surface area contributed by atoms with Crippen molar-refractivity contribution < 1.29 is 14.3 Å². The molecule has 1 N–H and O–H groups in total. The van der Waals surface area contributed by atoms with Gasteiger partial charge in [-0.1, -0.05) is 0 Å². The molecule has 1 rings (SSSR count). The van der Waals surface area contributed by atoms with Crippen molar-refractivity contribution in [3.05, 3.63) is 24.3 Å². The zero-order valence-electron chi connectivity index (χ0n) is 8.24. The number of anilines is 1. The normalized spacial score (nSPS) is 9.57. The van der Waals surface area contributed by atoms with Crippen LogP contribution in [0.4, 0.5) is 5.69 Å². The van der Waals surface area contributed by atoms with Crippen LogP contribution in [0.5, 0.6) is 5.75 Å². The summed E-state index contributed by atoms with van der Waals surface area (Å²) in [5, 5.41) is 2.67. The van der Waals surface area contributed by atoms with Gasteiger partial charge in [-0.2, -0.15) is 0 Å². The van der Waals surface area contributed by atoms with Crippen LogP contribution in [-0.2, 0) is 9.53 Å². The first-order valence-electron chi connectivity index (χ1n) is 4.19. The molecule has 0 aliphatic rings.